The first-order valence-corrected chi connectivity index (χ1v) is 3.39. The highest BCUT2D eigenvalue weighted by Crippen LogP contribution is 2.20. The molecular weight excluding hydrogens is 178 g/mol. The highest BCUT2D eigenvalue weighted by Gasteiger charge is 2.18. The van der Waals surface area contributed by atoms with Gasteiger partial charge in [-0.3, -0.25) is 0 Å². The Morgan fingerprint density at radius 2 is 1.77 bits per heavy atom. The second-order valence-corrected chi connectivity index (χ2v) is 2.38. The summed E-state index contributed by atoms with van der Waals surface area (Å²) in [5, 5.41) is 35.8. The second kappa shape index (κ2) is 3.66. The maximum atomic E-state index is 10.6. The molecule has 72 valence electrons. The lowest BCUT2D eigenvalue weighted by atomic mass is 10.2. The van der Waals surface area contributed by atoms with Gasteiger partial charge in [-0.05, 0) is 6.07 Å². The molecule has 0 amide bonds. The summed E-state index contributed by atoms with van der Waals surface area (Å²) in [5.74, 6) is 0. The van der Waals surface area contributed by atoms with Gasteiger partial charge in [0, 0.05) is 6.07 Å². The van der Waals surface area contributed by atoms with Gasteiger partial charge in [0.1, 0.15) is 5.69 Å². The molecule has 0 radical (unpaired) electrons. The fraction of sp³-hybridized carbons (Fsp3) is 0. The van der Waals surface area contributed by atoms with Crippen LogP contribution in [0.15, 0.2) is 18.2 Å². The summed E-state index contributed by atoms with van der Waals surface area (Å²) in [6.45, 7) is 0. The van der Waals surface area contributed by atoms with Crippen molar-refractivity contribution in [2.45, 2.75) is 0 Å². The topological polar surface area (TPSA) is 121 Å². The van der Waals surface area contributed by atoms with Crippen molar-refractivity contribution in [2.75, 3.05) is 5.73 Å². The molecule has 7 nitrogen and oxygen atoms in total. The molecule has 0 bridgehead atoms. The zero-order valence-corrected chi connectivity index (χ0v) is 6.52. The van der Waals surface area contributed by atoms with E-state index in [9.17, 15) is 10.4 Å². The number of rotatable bonds is 2. The molecule has 6 N–H and O–H groups in total. The predicted octanol–water partition coefficient (Wildman–Crippen LogP) is -1.92. The van der Waals surface area contributed by atoms with Crippen molar-refractivity contribution in [1.82, 2.24) is 0 Å². The summed E-state index contributed by atoms with van der Waals surface area (Å²) >= 11 is 0. The summed E-state index contributed by atoms with van der Waals surface area (Å²) in [4.78, 5) is 0. The van der Waals surface area contributed by atoms with E-state index in [4.69, 9.17) is 16.1 Å². The van der Waals surface area contributed by atoms with Crippen molar-refractivity contribution in [2.24, 2.45) is 0 Å². The van der Waals surface area contributed by atoms with Gasteiger partial charge in [0.25, 0.3) is 5.69 Å². The van der Waals surface area contributed by atoms with Gasteiger partial charge >= 0.3 is 0 Å². The molecule has 0 aliphatic carbocycles. The zero-order valence-electron chi connectivity index (χ0n) is 6.52. The lowest BCUT2D eigenvalue weighted by molar-refractivity contribution is -1.01. The maximum Gasteiger partial charge on any atom is 0.251 e. The van der Waals surface area contributed by atoms with Crippen LogP contribution in [-0.2, 0) is 0 Å². The molecule has 0 aromatic heterocycles. The Labute approximate surface area is 73.3 Å². The normalized spacial score (nSPS) is 15.4. The monoisotopic (exact) mass is 187 g/mol. The van der Waals surface area contributed by atoms with Gasteiger partial charge in [0.15, 0.2) is 0 Å². The van der Waals surface area contributed by atoms with Gasteiger partial charge in [-0.25, -0.2) is 10.4 Å². The van der Waals surface area contributed by atoms with E-state index in [1.165, 1.54) is 18.2 Å². The van der Waals surface area contributed by atoms with Crippen LogP contribution >= 0.6 is 0 Å². The van der Waals surface area contributed by atoms with E-state index < -0.39 is 10.5 Å². The van der Waals surface area contributed by atoms with Crippen LogP contribution in [0.5, 0.6) is 0 Å². The molecule has 0 fully saturated rings. The van der Waals surface area contributed by atoms with Crippen LogP contribution in [-0.4, -0.2) is 10.4 Å². The Balaban J connectivity index is 3.26. The van der Waals surface area contributed by atoms with Crippen LogP contribution in [0.2, 0.25) is 0 Å². The van der Waals surface area contributed by atoms with Crippen LogP contribution < -0.4 is 16.2 Å². The summed E-state index contributed by atoms with van der Waals surface area (Å²) < 4.78 is 0. The van der Waals surface area contributed by atoms with E-state index in [1.54, 1.807) is 0 Å². The Morgan fingerprint density at radius 3 is 2.15 bits per heavy atom. The summed E-state index contributed by atoms with van der Waals surface area (Å²) in [6, 6.07) is 3.93. The molecule has 0 aliphatic heterocycles. The van der Waals surface area contributed by atoms with Crippen LogP contribution in [0, 0.1) is 10.4 Å². The quantitative estimate of drug-likeness (QED) is 0.273. The van der Waals surface area contributed by atoms with E-state index in [-0.39, 0.29) is 17.1 Å². The fourth-order valence-corrected chi connectivity index (χ4v) is 0.987. The highest BCUT2D eigenvalue weighted by atomic mass is 16.8. The third-order valence-electron chi connectivity index (χ3n) is 1.54. The summed E-state index contributed by atoms with van der Waals surface area (Å²) in [7, 11) is 0. The number of hydrogen-bond acceptors (Lipinski definition) is 5. The van der Waals surface area contributed by atoms with Crippen molar-refractivity contribution < 1.29 is 20.9 Å². The average molecular weight is 187 g/mol. The molecule has 1 rings (SSSR count). The molecule has 0 spiro atoms. The molecule has 0 saturated heterocycles. The minimum Gasteiger partial charge on any atom is -0.595 e. The van der Waals surface area contributed by atoms with E-state index in [0.717, 1.165) is 0 Å². The Hall–Kier alpha value is -1.22. The van der Waals surface area contributed by atoms with Crippen LogP contribution in [0.3, 0.4) is 0 Å². The van der Waals surface area contributed by atoms with Gasteiger partial charge in [-0.15, -0.1) is 0 Å². The molecule has 1 aromatic carbocycles. The number of quaternary nitrogens is 2. The average Bonchev–Trinajstić information content (AvgIpc) is 2.02. The van der Waals surface area contributed by atoms with Crippen LogP contribution in [0.1, 0.15) is 0 Å². The Kier molecular flexibility index (Phi) is 2.78. The van der Waals surface area contributed by atoms with E-state index in [1.807, 2.05) is 0 Å². The van der Waals surface area contributed by atoms with Gasteiger partial charge in [0.05, 0.1) is 0 Å². The number of nitrogens with one attached hydrogen (secondary N) is 2. The lowest BCUT2D eigenvalue weighted by Crippen LogP contribution is -3.04. The van der Waals surface area contributed by atoms with Crippen molar-refractivity contribution in [3.63, 3.8) is 0 Å². The summed E-state index contributed by atoms with van der Waals surface area (Å²) in [5.41, 5.74) is 4.60. The molecule has 1 aromatic rings. The minimum absolute atomic E-state index is 0.0487. The zero-order chi connectivity index (χ0) is 10.0. The van der Waals surface area contributed by atoms with Gasteiger partial charge < -0.3 is 16.1 Å². The minimum atomic E-state index is -1.34. The van der Waals surface area contributed by atoms with Crippen molar-refractivity contribution in [3.05, 3.63) is 28.6 Å². The highest BCUT2D eigenvalue weighted by molar-refractivity contribution is 5.68. The number of nitrogen functional groups attached to an aromatic ring is 1. The molecule has 2 unspecified atom stereocenters. The van der Waals surface area contributed by atoms with Crippen molar-refractivity contribution >= 4 is 17.1 Å². The van der Waals surface area contributed by atoms with Crippen LogP contribution in [0.4, 0.5) is 17.1 Å². The molecular formula is C6H9N3O4. The number of hydrogen-bond donors (Lipinski definition) is 5. The van der Waals surface area contributed by atoms with Gasteiger partial charge in [-0.2, -0.15) is 10.5 Å². The standard InChI is InChI=1S/C6H9N3O4/c7-4-2-1-3-5(8(10)11)6(4)9(12)13/h1-3,8-10,12H,7H2. The first kappa shape index (κ1) is 9.86. The SMILES string of the molecule is Nc1cccc([NH+]([O-])O)c1[NH+]([O-])O. The Bertz CT molecular complexity index is 302. The number of benzene rings is 1. The number of nitrogens with two attached hydrogens (primary N) is 1. The van der Waals surface area contributed by atoms with Crippen molar-refractivity contribution in [3.8, 4) is 0 Å². The van der Waals surface area contributed by atoms with Gasteiger partial charge in [-0.1, -0.05) is 6.07 Å². The smallest absolute Gasteiger partial charge is 0.251 e. The van der Waals surface area contributed by atoms with Gasteiger partial charge in [0.2, 0.25) is 5.69 Å². The third kappa shape index (κ3) is 1.92. The maximum absolute atomic E-state index is 10.6. The second-order valence-electron chi connectivity index (χ2n) is 2.38. The molecule has 2 atom stereocenters. The molecule has 7 heteroatoms. The molecule has 0 aliphatic rings. The fourth-order valence-electron chi connectivity index (χ4n) is 0.987. The number of anilines is 1. The van der Waals surface area contributed by atoms with Crippen molar-refractivity contribution in [1.29, 1.82) is 0 Å². The van der Waals surface area contributed by atoms with E-state index in [0.29, 0.717) is 0 Å². The molecule has 0 saturated carbocycles. The third-order valence-corrected chi connectivity index (χ3v) is 1.54. The first-order valence-electron chi connectivity index (χ1n) is 3.39. The number of para-hydroxylation sites is 1. The summed E-state index contributed by atoms with van der Waals surface area (Å²) in [6.07, 6.45) is 0. The first-order chi connectivity index (χ1) is 6.04. The molecule has 13 heavy (non-hydrogen) atoms. The Morgan fingerprint density at radius 1 is 1.15 bits per heavy atom. The van der Waals surface area contributed by atoms with Crippen LogP contribution in [0.25, 0.3) is 0 Å². The predicted molar refractivity (Wildman–Crippen MR) is 42.4 cm³/mol. The van der Waals surface area contributed by atoms with E-state index >= 15 is 0 Å². The van der Waals surface area contributed by atoms with E-state index in [2.05, 4.69) is 0 Å². The largest absolute Gasteiger partial charge is 0.595 e. The molecule has 0 heterocycles. The lowest BCUT2D eigenvalue weighted by Gasteiger charge is -2.19.